The maximum Gasteiger partial charge on any atom is 0.332 e. The van der Waals surface area contributed by atoms with Crippen LogP contribution in [0.1, 0.15) is 5.69 Å². The molecule has 0 aliphatic heterocycles. The summed E-state index contributed by atoms with van der Waals surface area (Å²) in [6, 6.07) is 0. The van der Waals surface area contributed by atoms with Crippen LogP contribution in [0.15, 0.2) is 12.5 Å². The number of aliphatic carboxylic acids is 1. The Hall–Kier alpha value is -1.40. The topological polar surface area (TPSA) is 118 Å². The van der Waals surface area contributed by atoms with Crippen LogP contribution in [0.5, 0.6) is 0 Å². The molecule has 5 N–H and O–H groups in total. The van der Waals surface area contributed by atoms with Gasteiger partial charge in [0.05, 0.1) is 6.33 Å². The van der Waals surface area contributed by atoms with E-state index < -0.39 is 12.1 Å². The normalized spacial score (nSPS) is 11.8. The maximum absolute atomic E-state index is 10.1. The SMILES string of the molecule is O.O=C(O)C(O)Cc1cnc[nH]1. The van der Waals surface area contributed by atoms with Crippen LogP contribution < -0.4 is 0 Å². The lowest BCUT2D eigenvalue weighted by Crippen LogP contribution is -2.22. The average Bonchev–Trinajstić information content (AvgIpc) is 2.39. The molecule has 0 aliphatic carbocycles. The van der Waals surface area contributed by atoms with E-state index in [1.807, 2.05) is 0 Å². The third kappa shape index (κ3) is 2.69. The Morgan fingerprint density at radius 2 is 2.42 bits per heavy atom. The molecule has 0 spiro atoms. The Balaban J connectivity index is 0.00000121. The number of hydrogen-bond donors (Lipinski definition) is 3. The lowest BCUT2D eigenvalue weighted by Gasteiger charge is -2.00. The Morgan fingerprint density at radius 3 is 2.83 bits per heavy atom. The zero-order valence-electron chi connectivity index (χ0n) is 6.19. The van der Waals surface area contributed by atoms with E-state index in [1.165, 1.54) is 12.5 Å². The van der Waals surface area contributed by atoms with Crippen molar-refractivity contribution in [3.8, 4) is 0 Å². The van der Waals surface area contributed by atoms with Gasteiger partial charge in [0.25, 0.3) is 0 Å². The van der Waals surface area contributed by atoms with Gasteiger partial charge in [-0.3, -0.25) is 0 Å². The smallest absolute Gasteiger partial charge is 0.332 e. The predicted molar refractivity (Wildman–Crippen MR) is 39.5 cm³/mol. The van der Waals surface area contributed by atoms with Gasteiger partial charge >= 0.3 is 5.97 Å². The largest absolute Gasteiger partial charge is 0.479 e. The van der Waals surface area contributed by atoms with Gasteiger partial charge in [-0.15, -0.1) is 0 Å². The number of carbonyl (C=O) groups is 1. The summed E-state index contributed by atoms with van der Waals surface area (Å²) in [7, 11) is 0. The van der Waals surface area contributed by atoms with Gasteiger partial charge in [-0.05, 0) is 0 Å². The highest BCUT2D eigenvalue weighted by atomic mass is 16.4. The first kappa shape index (κ1) is 10.6. The molecule has 12 heavy (non-hydrogen) atoms. The second-order valence-electron chi connectivity index (χ2n) is 2.14. The van der Waals surface area contributed by atoms with E-state index in [9.17, 15) is 4.79 Å². The van der Waals surface area contributed by atoms with Crippen LogP contribution in [0, 0.1) is 0 Å². The molecule has 1 aromatic rings. The van der Waals surface area contributed by atoms with Crippen LogP contribution in [0.4, 0.5) is 0 Å². The number of imidazole rings is 1. The Kier molecular flexibility index (Phi) is 3.95. The summed E-state index contributed by atoms with van der Waals surface area (Å²) in [4.78, 5) is 16.5. The van der Waals surface area contributed by atoms with Gasteiger partial charge in [-0.2, -0.15) is 0 Å². The van der Waals surface area contributed by atoms with Gasteiger partial charge in [0.2, 0.25) is 0 Å². The molecule has 1 atom stereocenters. The summed E-state index contributed by atoms with van der Waals surface area (Å²) < 4.78 is 0. The Morgan fingerprint density at radius 1 is 1.75 bits per heavy atom. The van der Waals surface area contributed by atoms with E-state index in [2.05, 4.69) is 9.97 Å². The van der Waals surface area contributed by atoms with E-state index in [1.54, 1.807) is 0 Å². The summed E-state index contributed by atoms with van der Waals surface area (Å²) >= 11 is 0. The molecular formula is C6H10N2O4. The van der Waals surface area contributed by atoms with Crippen molar-refractivity contribution in [1.82, 2.24) is 9.97 Å². The molecule has 6 nitrogen and oxygen atoms in total. The van der Waals surface area contributed by atoms with Gasteiger partial charge in [0.1, 0.15) is 0 Å². The van der Waals surface area contributed by atoms with Crippen molar-refractivity contribution in [3.05, 3.63) is 18.2 Å². The molecular weight excluding hydrogens is 164 g/mol. The van der Waals surface area contributed by atoms with Crippen molar-refractivity contribution in [2.24, 2.45) is 0 Å². The van der Waals surface area contributed by atoms with Crippen molar-refractivity contribution in [1.29, 1.82) is 0 Å². The molecule has 1 rings (SSSR count). The number of aromatic nitrogens is 2. The minimum atomic E-state index is -1.35. The lowest BCUT2D eigenvalue weighted by atomic mass is 10.2. The van der Waals surface area contributed by atoms with Gasteiger partial charge in [-0.25, -0.2) is 9.78 Å². The molecule has 0 saturated carbocycles. The van der Waals surface area contributed by atoms with Gasteiger partial charge in [0, 0.05) is 18.3 Å². The van der Waals surface area contributed by atoms with Crippen molar-refractivity contribution in [3.63, 3.8) is 0 Å². The highest BCUT2D eigenvalue weighted by Crippen LogP contribution is 1.97. The summed E-state index contributed by atoms with van der Waals surface area (Å²) in [5.74, 6) is -1.22. The minimum absolute atomic E-state index is 0. The van der Waals surface area contributed by atoms with Crippen LogP contribution in [0.2, 0.25) is 0 Å². The fourth-order valence-electron chi connectivity index (χ4n) is 0.692. The van der Waals surface area contributed by atoms with Gasteiger partial charge < -0.3 is 20.7 Å². The minimum Gasteiger partial charge on any atom is -0.479 e. The summed E-state index contributed by atoms with van der Waals surface area (Å²) in [6.07, 6.45) is 1.63. The molecule has 0 saturated heterocycles. The summed E-state index contributed by atoms with van der Waals surface area (Å²) in [6.45, 7) is 0. The summed E-state index contributed by atoms with van der Waals surface area (Å²) in [5, 5.41) is 17.1. The van der Waals surface area contributed by atoms with Crippen molar-refractivity contribution in [2.75, 3.05) is 0 Å². The third-order valence-corrected chi connectivity index (χ3v) is 1.25. The third-order valence-electron chi connectivity index (χ3n) is 1.25. The number of rotatable bonds is 3. The van der Waals surface area contributed by atoms with Crippen LogP contribution in [0.25, 0.3) is 0 Å². The van der Waals surface area contributed by atoms with Crippen LogP contribution in [0.3, 0.4) is 0 Å². The number of aliphatic hydroxyl groups is 1. The van der Waals surface area contributed by atoms with E-state index in [0.29, 0.717) is 5.69 Å². The number of carboxylic acids is 1. The number of H-pyrrole nitrogens is 1. The van der Waals surface area contributed by atoms with E-state index in [4.69, 9.17) is 10.2 Å². The highest BCUT2D eigenvalue weighted by molar-refractivity contribution is 5.72. The molecule has 0 bridgehead atoms. The molecule has 1 aromatic heterocycles. The number of aliphatic hydroxyl groups excluding tert-OH is 1. The quantitative estimate of drug-likeness (QED) is 0.520. The van der Waals surface area contributed by atoms with Crippen LogP contribution in [-0.2, 0) is 11.2 Å². The molecule has 0 aliphatic rings. The van der Waals surface area contributed by atoms with Crippen LogP contribution >= 0.6 is 0 Å². The Labute approximate surface area is 68.2 Å². The number of nitrogens with zero attached hydrogens (tertiary/aromatic N) is 1. The monoisotopic (exact) mass is 174 g/mol. The summed E-state index contributed by atoms with van der Waals surface area (Å²) in [5.41, 5.74) is 0.611. The molecule has 0 aromatic carbocycles. The Bertz CT molecular complexity index is 234. The van der Waals surface area contributed by atoms with Gasteiger partial charge in [-0.1, -0.05) is 0 Å². The predicted octanol–water partition coefficient (Wildman–Crippen LogP) is -1.43. The molecule has 6 heteroatoms. The first-order chi connectivity index (χ1) is 5.20. The molecule has 68 valence electrons. The zero-order chi connectivity index (χ0) is 8.27. The molecule has 0 amide bonds. The molecule has 1 heterocycles. The molecule has 0 fully saturated rings. The van der Waals surface area contributed by atoms with E-state index in [-0.39, 0.29) is 11.9 Å². The number of carboxylic acid groups (broad SMARTS) is 1. The fourth-order valence-corrected chi connectivity index (χ4v) is 0.692. The number of aromatic amines is 1. The first-order valence-corrected chi connectivity index (χ1v) is 3.08. The average molecular weight is 174 g/mol. The number of nitrogens with one attached hydrogen (secondary N) is 1. The highest BCUT2D eigenvalue weighted by Gasteiger charge is 2.13. The van der Waals surface area contributed by atoms with Crippen molar-refractivity contribution < 1.29 is 20.5 Å². The second-order valence-corrected chi connectivity index (χ2v) is 2.14. The van der Waals surface area contributed by atoms with E-state index in [0.717, 1.165) is 0 Å². The maximum atomic E-state index is 10.1. The first-order valence-electron chi connectivity index (χ1n) is 3.08. The van der Waals surface area contributed by atoms with E-state index >= 15 is 0 Å². The lowest BCUT2D eigenvalue weighted by molar-refractivity contribution is -0.146. The number of hydrogen-bond acceptors (Lipinski definition) is 3. The fraction of sp³-hybridized carbons (Fsp3) is 0.333. The zero-order valence-corrected chi connectivity index (χ0v) is 6.19. The van der Waals surface area contributed by atoms with Crippen molar-refractivity contribution in [2.45, 2.75) is 12.5 Å². The van der Waals surface area contributed by atoms with Gasteiger partial charge in [0.15, 0.2) is 6.10 Å². The van der Waals surface area contributed by atoms with Crippen molar-refractivity contribution >= 4 is 5.97 Å². The standard InChI is InChI=1S/C6H8N2O3.H2O/c9-5(6(10)11)1-4-2-7-3-8-4;/h2-3,5,9H,1H2,(H,7,8)(H,10,11);1H2. The van der Waals surface area contributed by atoms with Crippen LogP contribution in [-0.4, -0.2) is 37.7 Å². The molecule has 0 radical (unpaired) electrons. The second kappa shape index (κ2) is 4.47. The molecule has 1 unspecified atom stereocenters.